The number of nitrogens with one attached hydrogen (secondary N) is 1. The molecule has 1 rings (SSSR count). The molecule has 0 fully saturated rings. The van der Waals surface area contributed by atoms with E-state index in [1.54, 1.807) is 18.2 Å². The average molecular weight is 258 g/mol. The molecule has 0 spiro atoms. The van der Waals surface area contributed by atoms with Crippen LogP contribution in [0.5, 0.6) is 5.75 Å². The molecule has 0 aliphatic carbocycles. The Morgan fingerprint density at radius 1 is 1.59 bits per heavy atom. The predicted octanol–water partition coefficient (Wildman–Crippen LogP) is 1.85. The number of carbonyl (C=O) groups excluding carboxylic acids is 1. The molecule has 0 unspecified atom stereocenters. The first-order chi connectivity index (χ1) is 8.08. The van der Waals surface area contributed by atoms with Gasteiger partial charge in [0, 0.05) is 17.7 Å². The number of methoxy groups -OCH3 is 1. The van der Waals surface area contributed by atoms with Crippen LogP contribution in [-0.2, 0) is 0 Å². The summed E-state index contributed by atoms with van der Waals surface area (Å²) in [7, 11) is 1.49. The monoisotopic (exact) mass is 257 g/mol. The number of carbonyl (C=O) groups is 1. The summed E-state index contributed by atoms with van der Waals surface area (Å²) in [5.74, 6) is 0.200. The Labute approximate surface area is 106 Å². The summed E-state index contributed by atoms with van der Waals surface area (Å²) in [5.41, 5.74) is 0.432. The van der Waals surface area contributed by atoms with Gasteiger partial charge >= 0.3 is 0 Å². The highest BCUT2D eigenvalue weighted by Gasteiger charge is 2.14. The predicted molar refractivity (Wildman–Crippen MR) is 66.6 cm³/mol. The Morgan fingerprint density at radius 2 is 2.29 bits per heavy atom. The number of benzene rings is 1. The molecule has 1 aromatic carbocycles. The maximum absolute atomic E-state index is 11.9. The zero-order valence-electron chi connectivity index (χ0n) is 9.87. The van der Waals surface area contributed by atoms with Crippen molar-refractivity contribution in [2.24, 2.45) is 0 Å². The molecule has 4 nitrogen and oxygen atoms in total. The Morgan fingerprint density at radius 3 is 2.88 bits per heavy atom. The van der Waals surface area contributed by atoms with Crippen molar-refractivity contribution in [1.82, 2.24) is 5.32 Å². The molecule has 17 heavy (non-hydrogen) atoms. The summed E-state index contributed by atoms with van der Waals surface area (Å²) in [6, 6.07) is 4.75. The molecule has 0 aromatic heterocycles. The second kappa shape index (κ2) is 6.47. The largest absolute Gasteiger partial charge is 0.496 e. The van der Waals surface area contributed by atoms with E-state index in [1.165, 1.54) is 7.11 Å². The number of hydrogen-bond donors (Lipinski definition) is 2. The molecule has 0 bridgehead atoms. The van der Waals surface area contributed by atoms with Crippen LogP contribution < -0.4 is 10.1 Å². The molecule has 0 aliphatic rings. The summed E-state index contributed by atoms with van der Waals surface area (Å²) >= 11 is 5.81. The topological polar surface area (TPSA) is 58.6 Å². The van der Waals surface area contributed by atoms with Gasteiger partial charge in [0.2, 0.25) is 0 Å². The first-order valence-corrected chi connectivity index (χ1v) is 5.71. The molecular weight excluding hydrogens is 242 g/mol. The van der Waals surface area contributed by atoms with Crippen LogP contribution in [0.2, 0.25) is 5.02 Å². The van der Waals surface area contributed by atoms with Gasteiger partial charge < -0.3 is 15.2 Å². The molecule has 2 N–H and O–H groups in total. The molecular formula is C12H16ClNO3. The minimum absolute atomic E-state index is 0.0409. The maximum Gasteiger partial charge on any atom is 0.255 e. The fraction of sp³-hybridized carbons (Fsp3) is 0.417. The normalized spacial score (nSPS) is 12.0. The van der Waals surface area contributed by atoms with Crippen molar-refractivity contribution < 1.29 is 14.6 Å². The van der Waals surface area contributed by atoms with E-state index in [0.717, 1.165) is 0 Å². The molecule has 0 aliphatic heterocycles. The molecule has 0 saturated heterocycles. The first kappa shape index (κ1) is 13.8. The van der Waals surface area contributed by atoms with Gasteiger partial charge in [-0.25, -0.2) is 0 Å². The third-order valence-corrected chi connectivity index (χ3v) is 2.58. The number of rotatable bonds is 5. The number of ether oxygens (including phenoxy) is 1. The van der Waals surface area contributed by atoms with Crippen LogP contribution in [0.1, 0.15) is 23.7 Å². The second-order valence-corrected chi connectivity index (χ2v) is 4.17. The molecule has 1 amide bonds. The highest BCUT2D eigenvalue weighted by Crippen LogP contribution is 2.23. The number of halogens is 1. The van der Waals surface area contributed by atoms with E-state index in [4.69, 9.17) is 21.4 Å². The highest BCUT2D eigenvalue weighted by atomic mass is 35.5. The number of hydrogen-bond acceptors (Lipinski definition) is 3. The second-order valence-electron chi connectivity index (χ2n) is 3.73. The van der Waals surface area contributed by atoms with Gasteiger partial charge in [-0.05, 0) is 31.5 Å². The number of aliphatic hydroxyl groups is 1. The van der Waals surface area contributed by atoms with Gasteiger partial charge in [0.15, 0.2) is 0 Å². The van der Waals surface area contributed by atoms with E-state index >= 15 is 0 Å². The smallest absolute Gasteiger partial charge is 0.255 e. The lowest BCUT2D eigenvalue weighted by Gasteiger charge is -2.14. The van der Waals surface area contributed by atoms with E-state index < -0.39 is 0 Å². The van der Waals surface area contributed by atoms with Crippen molar-refractivity contribution in [3.05, 3.63) is 28.8 Å². The SMILES string of the molecule is COc1cc(Cl)ccc1C(=O)N[C@H](C)CCO. The Kier molecular flexibility index (Phi) is 5.25. The third kappa shape index (κ3) is 3.91. The van der Waals surface area contributed by atoms with E-state index in [-0.39, 0.29) is 18.6 Å². The molecule has 94 valence electrons. The Balaban J connectivity index is 2.81. The van der Waals surface area contributed by atoms with Crippen molar-refractivity contribution in [1.29, 1.82) is 0 Å². The summed E-state index contributed by atoms with van der Waals surface area (Å²) in [4.78, 5) is 11.9. The van der Waals surface area contributed by atoms with Gasteiger partial charge in [-0.2, -0.15) is 0 Å². The zero-order valence-corrected chi connectivity index (χ0v) is 10.6. The van der Waals surface area contributed by atoms with Gasteiger partial charge in [0.25, 0.3) is 5.91 Å². The minimum Gasteiger partial charge on any atom is -0.496 e. The first-order valence-electron chi connectivity index (χ1n) is 5.33. The third-order valence-electron chi connectivity index (χ3n) is 2.35. The lowest BCUT2D eigenvalue weighted by atomic mass is 10.1. The van der Waals surface area contributed by atoms with Crippen LogP contribution in [-0.4, -0.2) is 30.8 Å². The van der Waals surface area contributed by atoms with Gasteiger partial charge in [-0.3, -0.25) is 4.79 Å². The summed E-state index contributed by atoms with van der Waals surface area (Å²) in [5, 5.41) is 12.0. The quantitative estimate of drug-likeness (QED) is 0.846. The molecule has 0 radical (unpaired) electrons. The van der Waals surface area contributed by atoms with Crippen molar-refractivity contribution in [3.8, 4) is 5.75 Å². The van der Waals surface area contributed by atoms with Crippen LogP contribution in [0.15, 0.2) is 18.2 Å². The van der Waals surface area contributed by atoms with E-state index in [1.807, 2.05) is 6.92 Å². The molecule has 0 saturated carbocycles. The van der Waals surface area contributed by atoms with Crippen LogP contribution in [0, 0.1) is 0 Å². The van der Waals surface area contributed by atoms with E-state index in [9.17, 15) is 4.79 Å². The fourth-order valence-corrected chi connectivity index (χ4v) is 1.58. The molecule has 0 heterocycles. The van der Waals surface area contributed by atoms with Crippen molar-refractivity contribution in [3.63, 3.8) is 0 Å². The van der Waals surface area contributed by atoms with Gasteiger partial charge in [-0.15, -0.1) is 0 Å². The highest BCUT2D eigenvalue weighted by molar-refractivity contribution is 6.30. The van der Waals surface area contributed by atoms with Crippen LogP contribution in [0.25, 0.3) is 0 Å². The van der Waals surface area contributed by atoms with E-state index in [2.05, 4.69) is 5.32 Å². The van der Waals surface area contributed by atoms with Gasteiger partial charge in [0.05, 0.1) is 12.7 Å². The summed E-state index contributed by atoms with van der Waals surface area (Å²) in [6.07, 6.45) is 0.516. The van der Waals surface area contributed by atoms with Crippen molar-refractivity contribution >= 4 is 17.5 Å². The Bertz CT molecular complexity index is 395. The van der Waals surface area contributed by atoms with E-state index in [0.29, 0.717) is 22.8 Å². The molecule has 5 heteroatoms. The van der Waals surface area contributed by atoms with Gasteiger partial charge in [-0.1, -0.05) is 11.6 Å². The number of amides is 1. The fourth-order valence-electron chi connectivity index (χ4n) is 1.42. The molecule has 1 atom stereocenters. The minimum atomic E-state index is -0.237. The summed E-state index contributed by atoms with van der Waals surface area (Å²) in [6.45, 7) is 1.87. The lowest BCUT2D eigenvalue weighted by molar-refractivity contribution is 0.0931. The summed E-state index contributed by atoms with van der Waals surface area (Å²) < 4.78 is 5.09. The standard InChI is InChI=1S/C12H16ClNO3/c1-8(5-6-15)14-12(16)10-4-3-9(13)7-11(10)17-2/h3-4,7-8,15H,5-6H2,1-2H3,(H,14,16)/t8-/m1/s1. The van der Waals surface area contributed by atoms with Crippen LogP contribution in [0.4, 0.5) is 0 Å². The lowest BCUT2D eigenvalue weighted by Crippen LogP contribution is -2.33. The maximum atomic E-state index is 11.9. The average Bonchev–Trinajstić information content (AvgIpc) is 2.28. The number of aliphatic hydroxyl groups excluding tert-OH is 1. The molecule has 1 aromatic rings. The zero-order chi connectivity index (χ0) is 12.8. The van der Waals surface area contributed by atoms with Crippen molar-refractivity contribution in [2.45, 2.75) is 19.4 Å². The van der Waals surface area contributed by atoms with Crippen LogP contribution in [0.3, 0.4) is 0 Å². The Hall–Kier alpha value is -1.26. The van der Waals surface area contributed by atoms with Crippen molar-refractivity contribution in [2.75, 3.05) is 13.7 Å². The van der Waals surface area contributed by atoms with Crippen LogP contribution >= 0.6 is 11.6 Å². The van der Waals surface area contributed by atoms with Gasteiger partial charge in [0.1, 0.15) is 5.75 Å².